The minimum atomic E-state index is 0.568. The van der Waals surface area contributed by atoms with Crippen molar-refractivity contribution in [2.24, 2.45) is 5.92 Å². The molecule has 154 valence electrons. The number of aromatic nitrogens is 2. The fourth-order valence-electron chi connectivity index (χ4n) is 3.47. The van der Waals surface area contributed by atoms with Crippen LogP contribution in [-0.2, 0) is 6.54 Å². The summed E-state index contributed by atoms with van der Waals surface area (Å²) in [5.74, 6) is 2.25. The lowest BCUT2D eigenvalue weighted by molar-refractivity contribution is 0.414. The van der Waals surface area contributed by atoms with Gasteiger partial charge in [0.1, 0.15) is 16.5 Å². The van der Waals surface area contributed by atoms with E-state index in [4.69, 9.17) is 14.5 Å². The average molecular weight is 419 g/mol. The van der Waals surface area contributed by atoms with Crippen molar-refractivity contribution in [3.8, 4) is 43.9 Å². The number of thiazole rings is 1. The largest absolute Gasteiger partial charge is 0.497 e. The first-order valence-corrected chi connectivity index (χ1v) is 10.9. The second-order valence-corrected chi connectivity index (χ2v) is 8.59. The van der Waals surface area contributed by atoms with E-state index in [1.165, 1.54) is 0 Å². The number of methoxy groups -OCH3 is 2. The van der Waals surface area contributed by atoms with Crippen LogP contribution in [0.2, 0.25) is 0 Å². The Morgan fingerprint density at radius 1 is 0.867 bits per heavy atom. The molecule has 0 amide bonds. The molecule has 2 heterocycles. The van der Waals surface area contributed by atoms with Crippen LogP contribution in [0.5, 0.6) is 11.5 Å². The Balaban J connectivity index is 1.83. The summed E-state index contributed by atoms with van der Waals surface area (Å²) in [7, 11) is 3.37. The minimum Gasteiger partial charge on any atom is -0.497 e. The van der Waals surface area contributed by atoms with Gasteiger partial charge in [0.15, 0.2) is 0 Å². The van der Waals surface area contributed by atoms with Gasteiger partial charge in [-0.15, -0.1) is 11.3 Å². The highest BCUT2D eigenvalue weighted by atomic mass is 32.1. The zero-order valence-corrected chi connectivity index (χ0v) is 18.6. The van der Waals surface area contributed by atoms with Gasteiger partial charge < -0.3 is 14.0 Å². The standard InChI is InChI=1S/C25H26N2O2S/c1-17(2)16-27-15-5-6-22(27)25-26-23(18-7-11-20(28-3)12-8-18)24(30-25)19-9-13-21(29-4)14-10-19/h5-15,17H,16H2,1-4H3. The lowest BCUT2D eigenvalue weighted by Gasteiger charge is -2.09. The number of nitrogens with zero attached hydrogens (tertiary/aromatic N) is 2. The molecule has 0 saturated heterocycles. The van der Waals surface area contributed by atoms with Crippen LogP contribution < -0.4 is 9.47 Å². The van der Waals surface area contributed by atoms with E-state index in [0.717, 1.165) is 50.4 Å². The van der Waals surface area contributed by atoms with Gasteiger partial charge in [0, 0.05) is 18.3 Å². The van der Waals surface area contributed by atoms with Crippen molar-refractivity contribution in [1.29, 1.82) is 0 Å². The summed E-state index contributed by atoms with van der Waals surface area (Å²) in [5.41, 5.74) is 4.35. The molecule has 4 aromatic rings. The number of benzene rings is 2. The maximum absolute atomic E-state index is 5.33. The van der Waals surface area contributed by atoms with Crippen LogP contribution in [0.25, 0.3) is 32.4 Å². The van der Waals surface area contributed by atoms with Gasteiger partial charge in [-0.05, 0) is 72.1 Å². The van der Waals surface area contributed by atoms with Crippen LogP contribution in [0, 0.1) is 5.92 Å². The van der Waals surface area contributed by atoms with E-state index in [0.29, 0.717) is 5.92 Å². The first kappa shape index (κ1) is 20.2. The summed E-state index contributed by atoms with van der Waals surface area (Å²) in [6.45, 7) is 5.44. The molecule has 0 bridgehead atoms. The molecule has 4 rings (SSSR count). The topological polar surface area (TPSA) is 36.3 Å². The summed E-state index contributed by atoms with van der Waals surface area (Å²) in [4.78, 5) is 6.24. The lowest BCUT2D eigenvalue weighted by atomic mass is 10.1. The molecule has 4 nitrogen and oxygen atoms in total. The molecule has 0 spiro atoms. The van der Waals surface area contributed by atoms with Crippen LogP contribution in [0.15, 0.2) is 66.9 Å². The summed E-state index contributed by atoms with van der Waals surface area (Å²) in [5, 5.41) is 1.03. The van der Waals surface area contributed by atoms with Gasteiger partial charge in [0.25, 0.3) is 0 Å². The van der Waals surface area contributed by atoms with E-state index in [-0.39, 0.29) is 0 Å². The molecule has 0 unspecified atom stereocenters. The van der Waals surface area contributed by atoms with E-state index in [1.807, 2.05) is 24.3 Å². The van der Waals surface area contributed by atoms with Crippen molar-refractivity contribution in [1.82, 2.24) is 9.55 Å². The van der Waals surface area contributed by atoms with Crippen LogP contribution in [0.1, 0.15) is 13.8 Å². The van der Waals surface area contributed by atoms with E-state index in [1.54, 1.807) is 25.6 Å². The third-order valence-electron chi connectivity index (χ3n) is 4.95. The van der Waals surface area contributed by atoms with Gasteiger partial charge in [-0.2, -0.15) is 0 Å². The van der Waals surface area contributed by atoms with Crippen LogP contribution in [0.3, 0.4) is 0 Å². The molecule has 0 aliphatic heterocycles. The fourth-order valence-corrected chi connectivity index (χ4v) is 4.61. The quantitative estimate of drug-likeness (QED) is 0.338. The van der Waals surface area contributed by atoms with Crippen molar-refractivity contribution in [2.75, 3.05) is 14.2 Å². The highest BCUT2D eigenvalue weighted by Crippen LogP contribution is 2.41. The number of hydrogen-bond acceptors (Lipinski definition) is 4. The first-order chi connectivity index (χ1) is 14.6. The smallest absolute Gasteiger partial charge is 0.141 e. The van der Waals surface area contributed by atoms with Gasteiger partial charge in [0.05, 0.1) is 30.5 Å². The fraction of sp³-hybridized carbons (Fsp3) is 0.240. The highest BCUT2D eigenvalue weighted by Gasteiger charge is 2.18. The Morgan fingerprint density at radius 3 is 2.03 bits per heavy atom. The zero-order chi connectivity index (χ0) is 21.1. The van der Waals surface area contributed by atoms with Crippen molar-refractivity contribution >= 4 is 11.3 Å². The van der Waals surface area contributed by atoms with E-state index in [2.05, 4.69) is 61.0 Å². The monoisotopic (exact) mass is 418 g/mol. The van der Waals surface area contributed by atoms with Crippen molar-refractivity contribution in [3.05, 3.63) is 66.9 Å². The van der Waals surface area contributed by atoms with Gasteiger partial charge in [-0.3, -0.25) is 0 Å². The molecule has 0 aliphatic rings. The Labute approximate surface area is 181 Å². The van der Waals surface area contributed by atoms with Gasteiger partial charge in [-0.1, -0.05) is 13.8 Å². The molecule has 0 atom stereocenters. The Hall–Kier alpha value is -3.05. The average Bonchev–Trinajstić information content (AvgIpc) is 3.40. The summed E-state index contributed by atoms with van der Waals surface area (Å²) >= 11 is 1.73. The maximum atomic E-state index is 5.33. The predicted molar refractivity (Wildman–Crippen MR) is 124 cm³/mol. The second kappa shape index (κ2) is 8.76. The molecule has 0 saturated carbocycles. The van der Waals surface area contributed by atoms with E-state index < -0.39 is 0 Å². The SMILES string of the molecule is COc1ccc(-c2nc(-c3cccn3CC(C)C)sc2-c2ccc(OC)cc2)cc1. The Kier molecular flexibility index (Phi) is 5.91. The minimum absolute atomic E-state index is 0.568. The van der Waals surface area contributed by atoms with E-state index >= 15 is 0 Å². The number of rotatable bonds is 7. The van der Waals surface area contributed by atoms with Crippen LogP contribution >= 0.6 is 11.3 Å². The Morgan fingerprint density at radius 2 is 1.47 bits per heavy atom. The molecule has 0 radical (unpaired) electrons. The van der Waals surface area contributed by atoms with Gasteiger partial charge in [0.2, 0.25) is 0 Å². The summed E-state index contributed by atoms with van der Waals surface area (Å²) < 4.78 is 13.0. The predicted octanol–water partition coefficient (Wildman–Crippen LogP) is 6.62. The molecule has 0 N–H and O–H groups in total. The van der Waals surface area contributed by atoms with Crippen molar-refractivity contribution < 1.29 is 9.47 Å². The molecular weight excluding hydrogens is 392 g/mol. The lowest BCUT2D eigenvalue weighted by Crippen LogP contribution is -2.04. The van der Waals surface area contributed by atoms with Crippen molar-refractivity contribution in [2.45, 2.75) is 20.4 Å². The zero-order valence-electron chi connectivity index (χ0n) is 17.8. The van der Waals surface area contributed by atoms with Gasteiger partial charge in [-0.25, -0.2) is 4.98 Å². The maximum Gasteiger partial charge on any atom is 0.141 e. The number of ether oxygens (including phenoxy) is 2. The van der Waals surface area contributed by atoms with Crippen LogP contribution in [-0.4, -0.2) is 23.8 Å². The number of hydrogen-bond donors (Lipinski definition) is 0. The highest BCUT2D eigenvalue weighted by molar-refractivity contribution is 7.18. The van der Waals surface area contributed by atoms with Gasteiger partial charge >= 0.3 is 0 Å². The third-order valence-corrected chi connectivity index (χ3v) is 6.08. The molecule has 0 aliphatic carbocycles. The molecule has 0 fully saturated rings. The summed E-state index contributed by atoms with van der Waals surface area (Å²) in [6, 6.07) is 20.5. The normalized spacial score (nSPS) is 11.1. The molecular formula is C25H26N2O2S. The first-order valence-electron chi connectivity index (χ1n) is 10.0. The molecule has 5 heteroatoms. The molecule has 2 aromatic heterocycles. The second-order valence-electron chi connectivity index (χ2n) is 7.59. The van der Waals surface area contributed by atoms with Crippen molar-refractivity contribution in [3.63, 3.8) is 0 Å². The third kappa shape index (κ3) is 4.12. The molecule has 30 heavy (non-hydrogen) atoms. The van der Waals surface area contributed by atoms with E-state index in [9.17, 15) is 0 Å². The molecule has 2 aromatic carbocycles. The Bertz CT molecular complexity index is 1040. The summed E-state index contributed by atoms with van der Waals surface area (Å²) in [6.07, 6.45) is 2.14. The van der Waals surface area contributed by atoms with Crippen LogP contribution in [0.4, 0.5) is 0 Å².